The summed E-state index contributed by atoms with van der Waals surface area (Å²) < 4.78 is 12.3. The van der Waals surface area contributed by atoms with Gasteiger partial charge in [0, 0.05) is 11.1 Å². The first-order valence-corrected chi connectivity index (χ1v) is 10.1. The van der Waals surface area contributed by atoms with Crippen molar-refractivity contribution in [2.75, 3.05) is 6.54 Å². The van der Waals surface area contributed by atoms with E-state index in [0.717, 1.165) is 22.6 Å². The molecule has 3 aromatic rings. The lowest BCUT2D eigenvalue weighted by Crippen LogP contribution is -2.39. The van der Waals surface area contributed by atoms with Crippen molar-refractivity contribution in [1.82, 2.24) is 5.32 Å². The fourth-order valence-corrected chi connectivity index (χ4v) is 2.87. The van der Waals surface area contributed by atoms with Crippen LogP contribution >= 0.6 is 0 Å². The van der Waals surface area contributed by atoms with Gasteiger partial charge in [0.05, 0.1) is 6.54 Å². The smallest absolute Gasteiger partial charge is 0.176 e. The Balaban J connectivity index is 1.94. The van der Waals surface area contributed by atoms with Crippen LogP contribution in [0.3, 0.4) is 0 Å². The summed E-state index contributed by atoms with van der Waals surface area (Å²) in [6.45, 7) is 10.3. The van der Waals surface area contributed by atoms with Crippen LogP contribution in [0.15, 0.2) is 66.7 Å². The molecule has 156 valence electrons. The molecule has 0 fully saturated rings. The maximum Gasteiger partial charge on any atom is 0.176 e. The van der Waals surface area contributed by atoms with Crippen molar-refractivity contribution in [3.8, 4) is 23.0 Å². The van der Waals surface area contributed by atoms with E-state index in [2.05, 4.69) is 5.32 Å². The molecule has 0 aliphatic carbocycles. The number of aryl methyl sites for hydroxylation is 2. The first kappa shape index (κ1) is 21.6. The van der Waals surface area contributed by atoms with Crippen molar-refractivity contribution in [3.63, 3.8) is 0 Å². The van der Waals surface area contributed by atoms with Gasteiger partial charge in [-0.3, -0.25) is 4.79 Å². The van der Waals surface area contributed by atoms with Crippen molar-refractivity contribution in [1.29, 1.82) is 0 Å². The van der Waals surface area contributed by atoms with E-state index < -0.39 is 0 Å². The highest BCUT2D eigenvalue weighted by Crippen LogP contribution is 2.37. The van der Waals surface area contributed by atoms with Crippen LogP contribution in [0.5, 0.6) is 23.0 Å². The highest BCUT2D eigenvalue weighted by atomic mass is 16.5. The fourth-order valence-electron chi connectivity index (χ4n) is 2.87. The summed E-state index contributed by atoms with van der Waals surface area (Å²) in [4.78, 5) is 12.7. The maximum atomic E-state index is 12.7. The lowest BCUT2D eigenvalue weighted by atomic mass is 10.1. The number of rotatable bonds is 7. The summed E-state index contributed by atoms with van der Waals surface area (Å²) in [5.41, 5.74) is 2.47. The van der Waals surface area contributed by atoms with E-state index in [1.807, 2.05) is 83.1 Å². The van der Waals surface area contributed by atoms with Crippen LogP contribution < -0.4 is 14.8 Å². The Kier molecular flexibility index (Phi) is 6.58. The molecule has 0 aromatic heterocycles. The summed E-state index contributed by atoms with van der Waals surface area (Å²) in [5.74, 6) is 2.55. The van der Waals surface area contributed by atoms with Crippen molar-refractivity contribution in [2.24, 2.45) is 0 Å². The van der Waals surface area contributed by atoms with Gasteiger partial charge in [-0.05, 0) is 76.1 Å². The van der Waals surface area contributed by atoms with Crippen LogP contribution in [0.25, 0.3) is 0 Å². The second-order valence-electron chi connectivity index (χ2n) is 8.42. The lowest BCUT2D eigenvalue weighted by Gasteiger charge is -2.20. The van der Waals surface area contributed by atoms with Gasteiger partial charge >= 0.3 is 0 Å². The molecule has 0 saturated carbocycles. The van der Waals surface area contributed by atoms with Gasteiger partial charge in [0.25, 0.3) is 0 Å². The largest absolute Gasteiger partial charge is 0.453 e. The quantitative estimate of drug-likeness (QED) is 0.460. The second kappa shape index (κ2) is 9.14. The predicted octanol–water partition coefficient (Wildman–Crippen LogP) is 6.46. The Morgan fingerprint density at radius 3 is 1.83 bits per heavy atom. The Hall–Kier alpha value is -3.11. The van der Waals surface area contributed by atoms with E-state index in [1.165, 1.54) is 0 Å². The first-order valence-electron chi connectivity index (χ1n) is 10.1. The number of ether oxygens (including phenoxy) is 2. The van der Waals surface area contributed by atoms with E-state index in [-0.39, 0.29) is 17.9 Å². The van der Waals surface area contributed by atoms with Gasteiger partial charge in [0.1, 0.15) is 11.5 Å². The molecule has 30 heavy (non-hydrogen) atoms. The molecule has 0 atom stereocenters. The number of Topliss-reactive ketones (excluding diaryl/α,β-unsaturated/α-hetero) is 1. The van der Waals surface area contributed by atoms with Gasteiger partial charge in [-0.2, -0.15) is 0 Å². The monoisotopic (exact) mass is 403 g/mol. The number of hydrogen-bond donors (Lipinski definition) is 1. The van der Waals surface area contributed by atoms with Crippen molar-refractivity contribution < 1.29 is 14.3 Å². The molecule has 3 rings (SSSR count). The summed E-state index contributed by atoms with van der Waals surface area (Å²) in [5, 5.41) is 3.24. The molecule has 4 nitrogen and oxygen atoms in total. The molecule has 1 N–H and O–H groups in total. The molecular formula is C26H29NO3. The molecule has 0 amide bonds. The van der Waals surface area contributed by atoms with Crippen molar-refractivity contribution in [2.45, 2.75) is 40.2 Å². The maximum absolute atomic E-state index is 12.7. The summed E-state index contributed by atoms with van der Waals surface area (Å²) in [6.07, 6.45) is 0. The Morgan fingerprint density at radius 2 is 1.30 bits per heavy atom. The Morgan fingerprint density at radius 1 is 0.767 bits per heavy atom. The van der Waals surface area contributed by atoms with Crippen LogP contribution in [0.2, 0.25) is 0 Å². The summed E-state index contributed by atoms with van der Waals surface area (Å²) >= 11 is 0. The normalized spacial score (nSPS) is 11.2. The van der Waals surface area contributed by atoms with Gasteiger partial charge in [0.15, 0.2) is 17.3 Å². The average Bonchev–Trinajstić information content (AvgIpc) is 2.70. The first-order chi connectivity index (χ1) is 14.2. The number of benzene rings is 3. The highest BCUT2D eigenvalue weighted by Gasteiger charge is 2.17. The molecule has 0 unspecified atom stereocenters. The van der Waals surface area contributed by atoms with Gasteiger partial charge in [0.2, 0.25) is 0 Å². The van der Waals surface area contributed by atoms with Crippen LogP contribution in [-0.4, -0.2) is 17.9 Å². The molecule has 0 heterocycles. The van der Waals surface area contributed by atoms with Gasteiger partial charge < -0.3 is 14.8 Å². The Labute approximate surface area is 178 Å². The molecule has 0 aliphatic rings. The third-order valence-corrected chi connectivity index (χ3v) is 4.67. The second-order valence-corrected chi connectivity index (χ2v) is 8.42. The number of nitrogens with one attached hydrogen (secondary N) is 1. The fraction of sp³-hybridized carbons (Fsp3) is 0.269. The zero-order valence-corrected chi connectivity index (χ0v) is 18.3. The number of carbonyl (C=O) groups is 1. The predicted molar refractivity (Wildman–Crippen MR) is 121 cm³/mol. The highest BCUT2D eigenvalue weighted by molar-refractivity contribution is 5.98. The Bertz CT molecular complexity index is 1030. The van der Waals surface area contributed by atoms with Crippen LogP contribution in [0.4, 0.5) is 0 Å². The van der Waals surface area contributed by atoms with Crippen molar-refractivity contribution >= 4 is 5.78 Å². The van der Waals surface area contributed by atoms with E-state index >= 15 is 0 Å². The molecule has 0 bridgehead atoms. The SMILES string of the molecule is Cc1ccccc1Oc1ccc(C(=O)CNC(C)(C)C)cc1Oc1ccccc1C. The van der Waals surface area contributed by atoms with Crippen LogP contribution in [-0.2, 0) is 0 Å². The molecule has 3 aromatic carbocycles. The summed E-state index contributed by atoms with van der Waals surface area (Å²) in [7, 11) is 0. The molecule has 0 saturated heterocycles. The van der Waals surface area contributed by atoms with Crippen LogP contribution in [0.1, 0.15) is 42.3 Å². The van der Waals surface area contributed by atoms with Gasteiger partial charge in [-0.25, -0.2) is 0 Å². The minimum atomic E-state index is -0.135. The zero-order valence-electron chi connectivity index (χ0n) is 18.3. The molecule has 0 aliphatic heterocycles. The van der Waals surface area contributed by atoms with Gasteiger partial charge in [-0.1, -0.05) is 36.4 Å². The topological polar surface area (TPSA) is 47.6 Å². The van der Waals surface area contributed by atoms with E-state index in [0.29, 0.717) is 17.1 Å². The standard InChI is InChI=1S/C26H29NO3/c1-18-10-6-8-12-22(18)29-24-15-14-20(21(28)17-27-26(3,4)5)16-25(24)30-23-13-9-7-11-19(23)2/h6-16,27H,17H2,1-5H3. The van der Waals surface area contributed by atoms with Crippen molar-refractivity contribution in [3.05, 3.63) is 83.4 Å². The average molecular weight is 404 g/mol. The number of para-hydroxylation sites is 2. The van der Waals surface area contributed by atoms with E-state index in [4.69, 9.17) is 9.47 Å². The third-order valence-electron chi connectivity index (χ3n) is 4.67. The molecule has 4 heteroatoms. The van der Waals surface area contributed by atoms with E-state index in [1.54, 1.807) is 18.2 Å². The molecular weight excluding hydrogens is 374 g/mol. The summed E-state index contributed by atoms with van der Waals surface area (Å²) in [6, 6.07) is 20.9. The zero-order chi connectivity index (χ0) is 21.7. The third kappa shape index (κ3) is 5.71. The molecule has 0 spiro atoms. The lowest BCUT2D eigenvalue weighted by molar-refractivity contribution is 0.0981. The minimum absolute atomic E-state index is 0.00185. The minimum Gasteiger partial charge on any atom is -0.453 e. The van der Waals surface area contributed by atoms with E-state index in [9.17, 15) is 4.79 Å². The van der Waals surface area contributed by atoms with Crippen LogP contribution in [0, 0.1) is 13.8 Å². The van der Waals surface area contributed by atoms with Gasteiger partial charge in [-0.15, -0.1) is 0 Å². The number of hydrogen-bond acceptors (Lipinski definition) is 4. The number of carbonyl (C=O) groups excluding carboxylic acids is 1. The molecule has 0 radical (unpaired) electrons. The number of ketones is 1.